The maximum atomic E-state index is 14.1. The summed E-state index contributed by atoms with van der Waals surface area (Å²) < 4.78 is 6.45. The maximum Gasteiger partial charge on any atom is 0.246 e. The van der Waals surface area contributed by atoms with Crippen molar-refractivity contribution in [3.05, 3.63) is 35.9 Å². The number of hydrogen-bond acceptors (Lipinski definition) is 5. The van der Waals surface area contributed by atoms with E-state index in [9.17, 15) is 19.5 Å². The fourth-order valence-corrected chi connectivity index (χ4v) is 7.16. The Balaban J connectivity index is 1.73. The van der Waals surface area contributed by atoms with Crippen molar-refractivity contribution in [3.8, 4) is 0 Å². The number of nitrogens with one attached hydrogen (secondary N) is 2. The molecule has 1 aromatic carbocycles. The van der Waals surface area contributed by atoms with Crippen LogP contribution in [0.2, 0.25) is 0 Å². The number of likely N-dealkylation sites (tertiary alicyclic amines) is 1. The third-order valence-electron chi connectivity index (χ3n) is 7.89. The zero-order chi connectivity index (χ0) is 26.5. The fourth-order valence-electron chi connectivity index (χ4n) is 7.16. The Hall–Kier alpha value is -2.45. The van der Waals surface area contributed by atoms with E-state index in [0.717, 1.165) is 12.0 Å². The number of fused-ring (bicyclic) bond motifs is 1. The number of rotatable bonds is 8. The lowest BCUT2D eigenvalue weighted by molar-refractivity contribution is -0.146. The average Bonchev–Trinajstić information content (AvgIpc) is 3.43. The van der Waals surface area contributed by atoms with Gasteiger partial charge in [0, 0.05) is 12.6 Å². The van der Waals surface area contributed by atoms with E-state index in [-0.39, 0.29) is 35.8 Å². The number of benzene rings is 1. The van der Waals surface area contributed by atoms with Crippen molar-refractivity contribution in [2.45, 2.75) is 89.6 Å². The Kier molecular flexibility index (Phi) is 6.99. The molecular weight excluding hydrogens is 458 g/mol. The molecule has 3 amide bonds. The first kappa shape index (κ1) is 26.6. The van der Waals surface area contributed by atoms with Crippen LogP contribution in [-0.4, -0.2) is 70.7 Å². The number of nitrogens with zero attached hydrogens (tertiary/aromatic N) is 1. The number of carbonyl (C=O) groups excluding carboxylic acids is 3. The van der Waals surface area contributed by atoms with Gasteiger partial charge in [-0.3, -0.25) is 14.4 Å². The topological polar surface area (TPSA) is 108 Å². The third kappa shape index (κ3) is 4.65. The first-order valence-corrected chi connectivity index (χ1v) is 13.0. The number of aliphatic hydroxyl groups is 1. The molecule has 36 heavy (non-hydrogen) atoms. The molecule has 1 spiro atoms. The number of ether oxygens (including phenoxy) is 1. The molecule has 6 atom stereocenters. The molecule has 2 bridgehead atoms. The van der Waals surface area contributed by atoms with Crippen LogP contribution in [0.15, 0.2) is 30.3 Å². The van der Waals surface area contributed by atoms with E-state index < -0.39 is 35.1 Å². The van der Waals surface area contributed by atoms with Crippen molar-refractivity contribution in [1.29, 1.82) is 0 Å². The molecule has 4 rings (SSSR count). The fraction of sp³-hybridized carbons (Fsp3) is 0.679. The second kappa shape index (κ2) is 9.45. The normalized spacial score (nSPS) is 30.3. The van der Waals surface area contributed by atoms with Crippen molar-refractivity contribution in [1.82, 2.24) is 15.5 Å². The average molecular weight is 500 g/mol. The van der Waals surface area contributed by atoms with E-state index in [1.807, 2.05) is 44.2 Å². The second-order valence-corrected chi connectivity index (χ2v) is 12.6. The third-order valence-corrected chi connectivity index (χ3v) is 7.89. The largest absolute Gasteiger partial charge is 0.394 e. The quantitative estimate of drug-likeness (QED) is 0.507. The highest BCUT2D eigenvalue weighted by molar-refractivity contribution is 5.99. The molecule has 2 unspecified atom stereocenters. The Morgan fingerprint density at radius 2 is 1.83 bits per heavy atom. The molecule has 198 valence electrons. The number of amides is 3. The molecule has 3 aliphatic rings. The summed E-state index contributed by atoms with van der Waals surface area (Å²) in [5, 5.41) is 16.3. The van der Waals surface area contributed by atoms with Gasteiger partial charge >= 0.3 is 0 Å². The summed E-state index contributed by atoms with van der Waals surface area (Å²) >= 11 is 0. The van der Waals surface area contributed by atoms with E-state index in [1.54, 1.807) is 7.05 Å². The highest BCUT2D eigenvalue weighted by Crippen LogP contribution is 2.58. The van der Waals surface area contributed by atoms with Crippen molar-refractivity contribution in [2.24, 2.45) is 17.3 Å². The van der Waals surface area contributed by atoms with E-state index in [2.05, 4.69) is 31.4 Å². The molecule has 8 nitrogen and oxygen atoms in total. The minimum Gasteiger partial charge on any atom is -0.394 e. The molecule has 0 radical (unpaired) electrons. The van der Waals surface area contributed by atoms with Crippen molar-refractivity contribution < 1.29 is 24.2 Å². The molecule has 1 aromatic rings. The van der Waals surface area contributed by atoms with Crippen LogP contribution in [-0.2, 0) is 25.5 Å². The predicted octanol–water partition coefficient (Wildman–Crippen LogP) is 2.04. The zero-order valence-electron chi connectivity index (χ0n) is 22.3. The zero-order valence-corrected chi connectivity index (χ0v) is 22.3. The number of aliphatic hydroxyl groups excluding tert-OH is 1. The molecule has 0 aromatic heterocycles. The smallest absolute Gasteiger partial charge is 0.246 e. The number of carbonyl (C=O) groups is 3. The van der Waals surface area contributed by atoms with E-state index in [1.165, 1.54) is 4.90 Å². The molecule has 3 saturated heterocycles. The van der Waals surface area contributed by atoms with Crippen molar-refractivity contribution in [2.75, 3.05) is 13.7 Å². The molecule has 8 heteroatoms. The maximum absolute atomic E-state index is 14.1. The summed E-state index contributed by atoms with van der Waals surface area (Å²) in [5.74, 6) is -2.20. The van der Waals surface area contributed by atoms with Crippen LogP contribution >= 0.6 is 0 Å². The van der Waals surface area contributed by atoms with Gasteiger partial charge in [-0.1, -0.05) is 51.1 Å². The molecule has 0 saturated carbocycles. The first-order valence-electron chi connectivity index (χ1n) is 13.0. The van der Waals surface area contributed by atoms with Crippen LogP contribution in [0.3, 0.4) is 0 Å². The molecule has 0 aliphatic carbocycles. The summed E-state index contributed by atoms with van der Waals surface area (Å²) in [6.45, 7) is 10.0. The lowest BCUT2D eigenvalue weighted by Crippen LogP contribution is -2.61. The van der Waals surface area contributed by atoms with Gasteiger partial charge in [0.25, 0.3) is 0 Å². The van der Waals surface area contributed by atoms with Gasteiger partial charge in [-0.25, -0.2) is 0 Å². The summed E-state index contributed by atoms with van der Waals surface area (Å²) in [6.07, 6.45) is 1.89. The molecular formula is C28H41N3O5. The lowest BCUT2D eigenvalue weighted by atomic mass is 9.70. The minimum absolute atomic E-state index is 0.0175. The van der Waals surface area contributed by atoms with Crippen LogP contribution in [0.4, 0.5) is 0 Å². The Morgan fingerprint density at radius 3 is 2.42 bits per heavy atom. The van der Waals surface area contributed by atoms with E-state index >= 15 is 0 Å². The van der Waals surface area contributed by atoms with Gasteiger partial charge in [0.05, 0.1) is 30.6 Å². The summed E-state index contributed by atoms with van der Waals surface area (Å²) in [5.41, 5.74) is -0.662. The molecule has 3 fully saturated rings. The minimum atomic E-state index is -1.08. The highest BCUT2D eigenvalue weighted by Gasteiger charge is 2.75. The van der Waals surface area contributed by atoms with E-state index in [0.29, 0.717) is 19.3 Å². The summed E-state index contributed by atoms with van der Waals surface area (Å²) in [6, 6.07) is 8.08. The van der Waals surface area contributed by atoms with Crippen LogP contribution in [0.5, 0.6) is 0 Å². The standard InChI is InChI=1S/C28H41N3O5/c1-26(2,3)16-27(4,5)30-24(34)22-28-13-12-19(36-28)20(23(33)29-6)21(28)25(35)31(22)18(15-32)14-17-10-8-7-9-11-17/h7-11,18-22,32H,12-16H2,1-6H3,(H,29,33)(H,30,34)/t18-,19+,20-,21+,22?,28?/m1/s1. The van der Waals surface area contributed by atoms with Crippen LogP contribution in [0.1, 0.15) is 59.4 Å². The Labute approximate surface area is 214 Å². The van der Waals surface area contributed by atoms with Gasteiger partial charge in [-0.2, -0.15) is 0 Å². The predicted molar refractivity (Wildman–Crippen MR) is 136 cm³/mol. The van der Waals surface area contributed by atoms with Crippen LogP contribution in [0, 0.1) is 17.3 Å². The first-order chi connectivity index (χ1) is 16.8. The van der Waals surface area contributed by atoms with Gasteiger partial charge < -0.3 is 25.4 Å². The highest BCUT2D eigenvalue weighted by atomic mass is 16.5. The van der Waals surface area contributed by atoms with E-state index in [4.69, 9.17) is 4.74 Å². The Bertz CT molecular complexity index is 1000. The summed E-state index contributed by atoms with van der Waals surface area (Å²) in [7, 11) is 1.56. The van der Waals surface area contributed by atoms with Crippen LogP contribution in [0.25, 0.3) is 0 Å². The van der Waals surface area contributed by atoms with Gasteiger partial charge in [-0.15, -0.1) is 0 Å². The summed E-state index contributed by atoms with van der Waals surface area (Å²) in [4.78, 5) is 42.6. The van der Waals surface area contributed by atoms with Gasteiger partial charge in [0.1, 0.15) is 11.6 Å². The van der Waals surface area contributed by atoms with Gasteiger partial charge in [-0.05, 0) is 50.5 Å². The lowest BCUT2D eigenvalue weighted by Gasteiger charge is -2.40. The Morgan fingerprint density at radius 1 is 1.17 bits per heavy atom. The van der Waals surface area contributed by atoms with Gasteiger partial charge in [0.15, 0.2) is 0 Å². The van der Waals surface area contributed by atoms with Crippen molar-refractivity contribution >= 4 is 17.7 Å². The molecule has 3 N–H and O–H groups in total. The SMILES string of the molecule is CNC(=O)[C@@H]1[C@@H]2CCC3(O2)C(C(=O)NC(C)(C)CC(C)(C)C)N([C@@H](CO)Cc2ccccc2)C(=O)[C@H]13. The monoisotopic (exact) mass is 499 g/mol. The molecule has 3 aliphatic heterocycles. The van der Waals surface area contributed by atoms with Crippen LogP contribution < -0.4 is 10.6 Å². The molecule has 3 heterocycles. The second-order valence-electron chi connectivity index (χ2n) is 12.6. The number of hydrogen-bond donors (Lipinski definition) is 3. The van der Waals surface area contributed by atoms with Crippen molar-refractivity contribution in [3.63, 3.8) is 0 Å². The van der Waals surface area contributed by atoms with Gasteiger partial charge in [0.2, 0.25) is 17.7 Å².